The number of rotatable bonds is 5. The molecule has 0 saturated carbocycles. The van der Waals surface area contributed by atoms with Gasteiger partial charge in [-0.3, -0.25) is 24.6 Å². The molecular formula is C20H16N2O4S. The van der Waals surface area contributed by atoms with Crippen LogP contribution in [0.5, 0.6) is 0 Å². The average Bonchev–Trinajstić information content (AvgIpc) is 3.11. The van der Waals surface area contributed by atoms with Crippen molar-refractivity contribution in [1.82, 2.24) is 10.2 Å². The Morgan fingerprint density at radius 3 is 2.56 bits per heavy atom. The third-order valence-electron chi connectivity index (χ3n) is 3.99. The van der Waals surface area contributed by atoms with Gasteiger partial charge >= 0.3 is 0 Å². The lowest BCUT2D eigenvalue weighted by Crippen LogP contribution is -2.53. The van der Waals surface area contributed by atoms with Crippen molar-refractivity contribution >= 4 is 41.0 Å². The van der Waals surface area contributed by atoms with E-state index >= 15 is 0 Å². The van der Waals surface area contributed by atoms with Crippen LogP contribution in [-0.4, -0.2) is 34.2 Å². The molecule has 27 heavy (non-hydrogen) atoms. The largest absolute Gasteiger partial charge is 0.457 e. The predicted molar refractivity (Wildman–Crippen MR) is 105 cm³/mol. The van der Waals surface area contributed by atoms with Gasteiger partial charge in [-0.2, -0.15) is 0 Å². The van der Waals surface area contributed by atoms with Crippen molar-refractivity contribution in [2.75, 3.05) is 6.54 Å². The highest BCUT2D eigenvalue weighted by atomic mass is 32.1. The SMILES string of the molecule is C=CCN1C(=O)/C(=C/c2ccc(-c3ccc(C(C)=O)cc3)o2)C(=O)NC1=S. The van der Waals surface area contributed by atoms with Gasteiger partial charge in [-0.1, -0.05) is 30.3 Å². The first-order valence-corrected chi connectivity index (χ1v) is 8.52. The van der Waals surface area contributed by atoms with E-state index in [1.165, 1.54) is 24.0 Å². The molecule has 2 heterocycles. The first kappa shape index (κ1) is 18.5. The second kappa shape index (κ2) is 7.51. The lowest BCUT2D eigenvalue weighted by molar-refractivity contribution is -0.128. The van der Waals surface area contributed by atoms with Crippen LogP contribution in [0.25, 0.3) is 17.4 Å². The fourth-order valence-electron chi connectivity index (χ4n) is 2.59. The highest BCUT2D eigenvalue weighted by Crippen LogP contribution is 2.25. The number of thiocarbonyl (C=S) groups is 1. The van der Waals surface area contributed by atoms with Crippen LogP contribution in [-0.2, 0) is 9.59 Å². The molecule has 1 fully saturated rings. The van der Waals surface area contributed by atoms with Gasteiger partial charge in [0.2, 0.25) is 0 Å². The standard InChI is InChI=1S/C20H16N2O4S/c1-3-10-22-19(25)16(18(24)21-20(22)27)11-15-8-9-17(26-15)14-6-4-13(5-7-14)12(2)23/h3-9,11H,1,10H2,2H3,(H,21,24,27)/b16-11+. The normalized spacial score (nSPS) is 15.8. The molecule has 3 rings (SSSR count). The highest BCUT2D eigenvalue weighted by Gasteiger charge is 2.32. The van der Waals surface area contributed by atoms with Crippen molar-refractivity contribution in [3.05, 3.63) is 65.9 Å². The van der Waals surface area contributed by atoms with Gasteiger partial charge < -0.3 is 4.42 Å². The molecule has 1 aromatic carbocycles. The van der Waals surface area contributed by atoms with Crippen molar-refractivity contribution in [1.29, 1.82) is 0 Å². The van der Waals surface area contributed by atoms with Gasteiger partial charge in [0.15, 0.2) is 10.9 Å². The molecule has 1 aromatic heterocycles. The molecule has 0 aliphatic carbocycles. The lowest BCUT2D eigenvalue weighted by Gasteiger charge is -2.27. The van der Waals surface area contributed by atoms with Crippen molar-refractivity contribution in [3.63, 3.8) is 0 Å². The maximum atomic E-state index is 12.5. The number of nitrogens with zero attached hydrogens (tertiary/aromatic N) is 1. The number of nitrogens with one attached hydrogen (secondary N) is 1. The van der Waals surface area contributed by atoms with Gasteiger partial charge in [0, 0.05) is 17.7 Å². The molecule has 1 N–H and O–H groups in total. The van der Waals surface area contributed by atoms with Crippen LogP contribution in [0.4, 0.5) is 0 Å². The molecule has 2 aromatic rings. The van der Waals surface area contributed by atoms with Crippen molar-refractivity contribution in [2.45, 2.75) is 6.92 Å². The fourth-order valence-corrected chi connectivity index (χ4v) is 2.84. The summed E-state index contributed by atoms with van der Waals surface area (Å²) in [7, 11) is 0. The van der Waals surface area contributed by atoms with Crippen molar-refractivity contribution in [3.8, 4) is 11.3 Å². The average molecular weight is 380 g/mol. The quantitative estimate of drug-likeness (QED) is 0.284. The number of Topliss-reactive ketones (excluding diaryl/α,β-unsaturated/α-hetero) is 1. The number of ketones is 1. The molecule has 7 heteroatoms. The third kappa shape index (κ3) is 3.78. The summed E-state index contributed by atoms with van der Waals surface area (Å²) in [5.74, 6) is -0.193. The van der Waals surface area contributed by atoms with Crippen LogP contribution >= 0.6 is 12.2 Å². The molecule has 2 amide bonds. The minimum Gasteiger partial charge on any atom is -0.457 e. The Labute approximate surface area is 161 Å². The molecule has 0 atom stereocenters. The smallest absolute Gasteiger partial charge is 0.266 e. The number of carbonyl (C=O) groups is 3. The molecule has 0 unspecified atom stereocenters. The van der Waals surface area contributed by atoms with E-state index in [0.29, 0.717) is 17.1 Å². The molecule has 0 radical (unpaired) electrons. The van der Waals surface area contributed by atoms with E-state index in [-0.39, 0.29) is 23.0 Å². The summed E-state index contributed by atoms with van der Waals surface area (Å²) in [6, 6.07) is 10.4. The highest BCUT2D eigenvalue weighted by molar-refractivity contribution is 7.80. The first-order valence-electron chi connectivity index (χ1n) is 8.11. The number of benzene rings is 1. The zero-order valence-electron chi connectivity index (χ0n) is 14.5. The van der Waals surface area contributed by atoms with E-state index in [4.69, 9.17) is 16.6 Å². The monoisotopic (exact) mass is 380 g/mol. The van der Waals surface area contributed by atoms with Gasteiger partial charge in [-0.15, -0.1) is 6.58 Å². The number of furan rings is 1. The Morgan fingerprint density at radius 2 is 1.93 bits per heavy atom. The van der Waals surface area contributed by atoms with Crippen LogP contribution in [0.15, 0.2) is 59.0 Å². The van der Waals surface area contributed by atoms with Crippen molar-refractivity contribution < 1.29 is 18.8 Å². The van der Waals surface area contributed by atoms with Gasteiger partial charge in [-0.05, 0) is 37.4 Å². The molecule has 0 bridgehead atoms. The fraction of sp³-hybridized carbons (Fsp3) is 0.100. The van der Waals surface area contributed by atoms with Gasteiger partial charge in [-0.25, -0.2) is 0 Å². The van der Waals surface area contributed by atoms with Gasteiger partial charge in [0.1, 0.15) is 17.1 Å². The summed E-state index contributed by atoms with van der Waals surface area (Å²) in [5, 5.41) is 2.53. The Morgan fingerprint density at radius 1 is 1.22 bits per heavy atom. The summed E-state index contributed by atoms with van der Waals surface area (Å²) < 4.78 is 5.73. The van der Waals surface area contributed by atoms with E-state index in [9.17, 15) is 14.4 Å². The van der Waals surface area contributed by atoms with Crippen LogP contribution in [0, 0.1) is 0 Å². The van der Waals surface area contributed by atoms with E-state index in [1.54, 1.807) is 36.4 Å². The molecule has 1 aliphatic rings. The van der Waals surface area contributed by atoms with Gasteiger partial charge in [0.05, 0.1) is 0 Å². The molecule has 1 aliphatic heterocycles. The summed E-state index contributed by atoms with van der Waals surface area (Å²) in [5.41, 5.74) is 1.31. The molecule has 1 saturated heterocycles. The maximum Gasteiger partial charge on any atom is 0.266 e. The van der Waals surface area contributed by atoms with Crippen LogP contribution < -0.4 is 5.32 Å². The first-order chi connectivity index (χ1) is 12.9. The second-order valence-electron chi connectivity index (χ2n) is 5.86. The van der Waals surface area contributed by atoms with E-state index in [0.717, 1.165) is 5.56 Å². The molecule has 0 spiro atoms. The summed E-state index contributed by atoms with van der Waals surface area (Å²) >= 11 is 5.01. The zero-order valence-corrected chi connectivity index (χ0v) is 15.3. The minimum atomic E-state index is -0.575. The maximum absolute atomic E-state index is 12.5. The van der Waals surface area contributed by atoms with Crippen molar-refractivity contribution in [2.24, 2.45) is 0 Å². The summed E-state index contributed by atoms with van der Waals surface area (Å²) in [6.07, 6.45) is 2.90. The molecule has 6 nitrogen and oxygen atoms in total. The number of hydrogen-bond acceptors (Lipinski definition) is 5. The third-order valence-corrected chi connectivity index (χ3v) is 4.31. The van der Waals surface area contributed by atoms with Crippen LogP contribution in [0.2, 0.25) is 0 Å². The summed E-state index contributed by atoms with van der Waals surface area (Å²) in [6.45, 7) is 5.28. The lowest BCUT2D eigenvalue weighted by atomic mass is 10.1. The second-order valence-corrected chi connectivity index (χ2v) is 6.24. The topological polar surface area (TPSA) is 79.6 Å². The van der Waals surface area contributed by atoms with Gasteiger partial charge in [0.25, 0.3) is 11.8 Å². The Kier molecular flexibility index (Phi) is 5.14. The van der Waals surface area contributed by atoms with E-state index < -0.39 is 11.8 Å². The number of hydrogen-bond donors (Lipinski definition) is 1. The number of carbonyl (C=O) groups excluding carboxylic acids is 3. The molecule has 136 valence electrons. The van der Waals surface area contributed by atoms with Crippen LogP contribution in [0.3, 0.4) is 0 Å². The zero-order chi connectivity index (χ0) is 19.6. The number of amides is 2. The predicted octanol–water partition coefficient (Wildman–Crippen LogP) is 2.96. The Hall–Kier alpha value is -3.32. The Balaban J connectivity index is 1.88. The summed E-state index contributed by atoms with van der Waals surface area (Å²) in [4.78, 5) is 37.2. The van der Waals surface area contributed by atoms with Crippen LogP contribution in [0.1, 0.15) is 23.0 Å². The Bertz CT molecular complexity index is 986. The van der Waals surface area contributed by atoms with E-state index in [2.05, 4.69) is 11.9 Å². The minimum absolute atomic E-state index is 0.0183. The molecular weight excluding hydrogens is 364 g/mol. The van der Waals surface area contributed by atoms with E-state index in [1.807, 2.05) is 0 Å².